The van der Waals surface area contributed by atoms with E-state index in [1.54, 1.807) is 24.7 Å². The minimum Gasteiger partial charge on any atom is -0.477 e. The van der Waals surface area contributed by atoms with Crippen molar-refractivity contribution in [1.29, 1.82) is 0 Å². The summed E-state index contributed by atoms with van der Waals surface area (Å²) in [5, 5.41) is 8.05. The number of aryl methyl sites for hydroxylation is 1. The van der Waals surface area contributed by atoms with Gasteiger partial charge in [-0.1, -0.05) is 0 Å². The summed E-state index contributed by atoms with van der Waals surface area (Å²) in [5.41, 5.74) is 1.33. The monoisotopic (exact) mass is 283 g/mol. The Morgan fingerprint density at radius 2 is 1.86 bits per heavy atom. The van der Waals surface area contributed by atoms with E-state index >= 15 is 0 Å². The highest BCUT2D eigenvalue weighted by molar-refractivity contribution is 5.61. The van der Waals surface area contributed by atoms with Crippen LogP contribution < -0.4 is 4.74 Å². The molecule has 0 spiro atoms. The maximum absolute atomic E-state index is 5.66. The smallest absolute Gasteiger partial charge is 0.253 e. The topological polar surface area (TPSA) is 86.8 Å². The van der Waals surface area contributed by atoms with Gasteiger partial charge < -0.3 is 9.15 Å². The van der Waals surface area contributed by atoms with Crippen LogP contribution in [0, 0.1) is 6.92 Å². The van der Waals surface area contributed by atoms with Crippen LogP contribution >= 0.6 is 0 Å². The van der Waals surface area contributed by atoms with Crippen molar-refractivity contribution in [2.24, 2.45) is 0 Å². The molecule has 3 rings (SSSR count). The summed E-state index contributed by atoms with van der Waals surface area (Å²) in [6.45, 7) is 4.21. The first-order chi connectivity index (χ1) is 10.3. The van der Waals surface area contributed by atoms with Crippen molar-refractivity contribution >= 4 is 0 Å². The molecule has 0 saturated carbocycles. The SMILES string of the molecule is CCOc1ncccc1-c1nnc(-c2cnc(C)nc2)o1. The summed E-state index contributed by atoms with van der Waals surface area (Å²) in [6.07, 6.45) is 4.94. The van der Waals surface area contributed by atoms with Gasteiger partial charge in [-0.3, -0.25) is 0 Å². The Morgan fingerprint density at radius 1 is 1.10 bits per heavy atom. The van der Waals surface area contributed by atoms with E-state index in [2.05, 4.69) is 25.1 Å². The van der Waals surface area contributed by atoms with Crippen molar-refractivity contribution < 1.29 is 9.15 Å². The maximum atomic E-state index is 5.66. The lowest BCUT2D eigenvalue weighted by Crippen LogP contribution is -1.96. The molecule has 0 atom stereocenters. The highest BCUT2D eigenvalue weighted by Crippen LogP contribution is 2.28. The Balaban J connectivity index is 1.97. The van der Waals surface area contributed by atoms with Crippen LogP contribution in [-0.2, 0) is 0 Å². The average molecular weight is 283 g/mol. The number of aromatic nitrogens is 5. The van der Waals surface area contributed by atoms with Gasteiger partial charge in [-0.05, 0) is 26.0 Å². The summed E-state index contributed by atoms with van der Waals surface area (Å²) in [4.78, 5) is 12.4. The molecule has 0 aromatic carbocycles. The molecule has 0 aliphatic heterocycles. The van der Waals surface area contributed by atoms with E-state index in [9.17, 15) is 0 Å². The third-order valence-electron chi connectivity index (χ3n) is 2.74. The number of rotatable bonds is 4. The molecule has 3 aromatic heterocycles. The quantitative estimate of drug-likeness (QED) is 0.726. The zero-order chi connectivity index (χ0) is 14.7. The molecule has 0 aliphatic carbocycles. The maximum Gasteiger partial charge on any atom is 0.253 e. The van der Waals surface area contributed by atoms with Crippen molar-refractivity contribution in [3.8, 4) is 28.8 Å². The van der Waals surface area contributed by atoms with Gasteiger partial charge >= 0.3 is 0 Å². The summed E-state index contributed by atoms with van der Waals surface area (Å²) in [6, 6.07) is 3.61. The first-order valence-corrected chi connectivity index (χ1v) is 6.48. The molecule has 0 amide bonds. The summed E-state index contributed by atoms with van der Waals surface area (Å²) < 4.78 is 11.1. The summed E-state index contributed by atoms with van der Waals surface area (Å²) >= 11 is 0. The van der Waals surface area contributed by atoms with Gasteiger partial charge in [0.05, 0.1) is 12.2 Å². The third kappa shape index (κ3) is 2.71. The van der Waals surface area contributed by atoms with Gasteiger partial charge in [-0.15, -0.1) is 10.2 Å². The Morgan fingerprint density at radius 3 is 2.62 bits per heavy atom. The number of pyridine rings is 1. The molecule has 0 bridgehead atoms. The fraction of sp³-hybridized carbons (Fsp3) is 0.214. The summed E-state index contributed by atoms with van der Waals surface area (Å²) in [5.74, 6) is 1.86. The van der Waals surface area contributed by atoms with E-state index in [1.165, 1.54) is 0 Å². The second-order valence-corrected chi connectivity index (χ2v) is 4.22. The molecule has 0 radical (unpaired) electrons. The number of hydrogen-bond donors (Lipinski definition) is 0. The van der Waals surface area contributed by atoms with Crippen molar-refractivity contribution in [3.05, 3.63) is 36.5 Å². The Bertz CT molecular complexity index is 739. The van der Waals surface area contributed by atoms with Gasteiger partial charge in [0.2, 0.25) is 5.88 Å². The molecule has 0 N–H and O–H groups in total. The van der Waals surface area contributed by atoms with Crippen LogP contribution in [0.3, 0.4) is 0 Å². The molecule has 0 aliphatic rings. The van der Waals surface area contributed by atoms with E-state index in [-0.39, 0.29) is 0 Å². The van der Waals surface area contributed by atoms with E-state index in [0.29, 0.717) is 41.2 Å². The van der Waals surface area contributed by atoms with Crippen molar-refractivity contribution in [2.75, 3.05) is 6.61 Å². The van der Waals surface area contributed by atoms with Crippen LogP contribution in [0.15, 0.2) is 35.1 Å². The average Bonchev–Trinajstić information content (AvgIpc) is 2.99. The zero-order valence-corrected chi connectivity index (χ0v) is 11.6. The Kier molecular flexibility index (Phi) is 3.55. The van der Waals surface area contributed by atoms with Crippen molar-refractivity contribution in [2.45, 2.75) is 13.8 Å². The lowest BCUT2D eigenvalue weighted by atomic mass is 10.3. The molecule has 0 fully saturated rings. The standard InChI is InChI=1S/C14H13N5O2/c1-3-20-13-11(5-4-6-15-13)14-19-18-12(21-14)10-7-16-9(2)17-8-10/h4-8H,3H2,1-2H3. The molecule has 7 heteroatoms. The number of ether oxygens (including phenoxy) is 1. The van der Waals surface area contributed by atoms with Gasteiger partial charge in [0.15, 0.2) is 0 Å². The van der Waals surface area contributed by atoms with E-state index < -0.39 is 0 Å². The highest BCUT2D eigenvalue weighted by Gasteiger charge is 2.15. The molecular formula is C14H13N5O2. The van der Waals surface area contributed by atoms with Gasteiger partial charge in [0.1, 0.15) is 11.4 Å². The molecule has 0 unspecified atom stereocenters. The lowest BCUT2D eigenvalue weighted by molar-refractivity contribution is 0.327. The molecule has 3 heterocycles. The van der Waals surface area contributed by atoms with Crippen LogP contribution in [0.4, 0.5) is 0 Å². The predicted octanol–water partition coefficient (Wildman–Crippen LogP) is 2.30. The van der Waals surface area contributed by atoms with Gasteiger partial charge in [-0.2, -0.15) is 0 Å². The second kappa shape index (κ2) is 5.66. The van der Waals surface area contributed by atoms with Gasteiger partial charge in [-0.25, -0.2) is 15.0 Å². The van der Waals surface area contributed by atoms with Gasteiger partial charge in [0.25, 0.3) is 11.8 Å². The number of nitrogens with zero attached hydrogens (tertiary/aromatic N) is 5. The van der Waals surface area contributed by atoms with Crippen molar-refractivity contribution in [1.82, 2.24) is 25.1 Å². The van der Waals surface area contributed by atoms with Crippen LogP contribution in [0.1, 0.15) is 12.7 Å². The van der Waals surface area contributed by atoms with Crippen molar-refractivity contribution in [3.63, 3.8) is 0 Å². The minimum absolute atomic E-state index is 0.349. The highest BCUT2D eigenvalue weighted by atomic mass is 16.5. The van der Waals surface area contributed by atoms with E-state index in [4.69, 9.17) is 9.15 Å². The Labute approximate surface area is 121 Å². The molecule has 21 heavy (non-hydrogen) atoms. The third-order valence-corrected chi connectivity index (χ3v) is 2.74. The summed E-state index contributed by atoms with van der Waals surface area (Å²) in [7, 11) is 0. The fourth-order valence-corrected chi connectivity index (χ4v) is 1.76. The predicted molar refractivity (Wildman–Crippen MR) is 74.5 cm³/mol. The first-order valence-electron chi connectivity index (χ1n) is 6.48. The first kappa shape index (κ1) is 13.2. The van der Waals surface area contributed by atoms with Crippen LogP contribution in [0.25, 0.3) is 22.9 Å². The van der Waals surface area contributed by atoms with E-state index in [0.717, 1.165) is 0 Å². The zero-order valence-electron chi connectivity index (χ0n) is 11.6. The molecule has 3 aromatic rings. The molecular weight excluding hydrogens is 270 g/mol. The Hall–Kier alpha value is -2.83. The second-order valence-electron chi connectivity index (χ2n) is 4.22. The number of hydrogen-bond acceptors (Lipinski definition) is 7. The van der Waals surface area contributed by atoms with Gasteiger partial charge in [0, 0.05) is 18.6 Å². The minimum atomic E-state index is 0.349. The van der Waals surface area contributed by atoms with Crippen LogP contribution in [0.5, 0.6) is 5.88 Å². The molecule has 0 saturated heterocycles. The lowest BCUT2D eigenvalue weighted by Gasteiger charge is -2.04. The molecule has 106 valence electrons. The van der Waals surface area contributed by atoms with Crippen LogP contribution in [-0.4, -0.2) is 31.8 Å². The molecule has 7 nitrogen and oxygen atoms in total. The van der Waals surface area contributed by atoms with Crippen LogP contribution in [0.2, 0.25) is 0 Å². The normalized spacial score (nSPS) is 10.6. The van der Waals surface area contributed by atoms with E-state index in [1.807, 2.05) is 19.9 Å². The largest absolute Gasteiger partial charge is 0.477 e. The fourth-order valence-electron chi connectivity index (χ4n) is 1.76.